The van der Waals surface area contributed by atoms with Crippen LogP contribution in [0.4, 0.5) is 0 Å². The van der Waals surface area contributed by atoms with Crippen molar-refractivity contribution >= 4 is 10.9 Å². The Morgan fingerprint density at radius 2 is 1.63 bits per heavy atom. The Labute approximate surface area is 157 Å². The highest BCUT2D eigenvalue weighted by atomic mass is 16.5. The lowest BCUT2D eigenvalue weighted by atomic mass is 10.1. The smallest absolute Gasteiger partial charge is 0.266 e. The van der Waals surface area contributed by atoms with Crippen molar-refractivity contribution in [2.75, 3.05) is 7.11 Å². The van der Waals surface area contributed by atoms with Gasteiger partial charge in [-0.05, 0) is 73.5 Å². The number of rotatable bonds is 3. The molecule has 0 aliphatic carbocycles. The summed E-state index contributed by atoms with van der Waals surface area (Å²) in [5.41, 5.74) is 4.60. The zero-order valence-corrected chi connectivity index (χ0v) is 15.6. The van der Waals surface area contributed by atoms with Crippen LogP contribution in [0.25, 0.3) is 28.0 Å². The molecule has 0 fully saturated rings. The summed E-state index contributed by atoms with van der Waals surface area (Å²) in [4.78, 5) is 18.2. The summed E-state index contributed by atoms with van der Waals surface area (Å²) in [6.07, 6.45) is 0. The van der Waals surface area contributed by atoms with Gasteiger partial charge in [0.2, 0.25) is 0 Å². The van der Waals surface area contributed by atoms with Crippen LogP contribution in [-0.2, 0) is 0 Å². The van der Waals surface area contributed by atoms with Crippen LogP contribution >= 0.6 is 0 Å². The Morgan fingerprint density at radius 3 is 2.33 bits per heavy atom. The normalized spacial score (nSPS) is 10.9. The second kappa shape index (κ2) is 6.72. The molecule has 4 heteroatoms. The third kappa shape index (κ3) is 2.99. The Kier molecular flexibility index (Phi) is 4.24. The van der Waals surface area contributed by atoms with Crippen LogP contribution in [0.2, 0.25) is 0 Å². The Bertz CT molecular complexity index is 1190. The zero-order valence-electron chi connectivity index (χ0n) is 15.6. The van der Waals surface area contributed by atoms with Crippen LogP contribution < -0.4 is 10.3 Å². The maximum absolute atomic E-state index is 13.3. The minimum absolute atomic E-state index is 0.0744. The summed E-state index contributed by atoms with van der Waals surface area (Å²) in [5.74, 6) is 1.38. The van der Waals surface area contributed by atoms with Gasteiger partial charge in [0, 0.05) is 5.56 Å². The molecule has 0 aliphatic heterocycles. The van der Waals surface area contributed by atoms with Gasteiger partial charge in [0.25, 0.3) is 5.56 Å². The lowest BCUT2D eigenvalue weighted by Crippen LogP contribution is -2.22. The quantitative estimate of drug-likeness (QED) is 0.535. The topological polar surface area (TPSA) is 44.1 Å². The molecule has 0 radical (unpaired) electrons. The second-order valence-corrected chi connectivity index (χ2v) is 6.59. The number of hydrogen-bond acceptors (Lipinski definition) is 3. The van der Waals surface area contributed by atoms with Gasteiger partial charge < -0.3 is 4.74 Å². The molecular formula is C23H20N2O2. The fourth-order valence-electron chi connectivity index (χ4n) is 3.17. The highest BCUT2D eigenvalue weighted by molar-refractivity contribution is 5.80. The van der Waals surface area contributed by atoms with Crippen molar-refractivity contribution in [2.45, 2.75) is 13.8 Å². The van der Waals surface area contributed by atoms with Crippen molar-refractivity contribution in [3.63, 3.8) is 0 Å². The fourth-order valence-corrected chi connectivity index (χ4v) is 3.17. The molecule has 0 saturated heterocycles. The molecule has 0 saturated carbocycles. The van der Waals surface area contributed by atoms with Gasteiger partial charge in [-0.3, -0.25) is 9.36 Å². The third-order valence-corrected chi connectivity index (χ3v) is 4.87. The Balaban J connectivity index is 2.06. The monoisotopic (exact) mass is 356 g/mol. The van der Waals surface area contributed by atoms with Gasteiger partial charge in [0.1, 0.15) is 11.6 Å². The van der Waals surface area contributed by atoms with Gasteiger partial charge in [0.15, 0.2) is 0 Å². The van der Waals surface area contributed by atoms with Gasteiger partial charge in [0.05, 0.1) is 23.7 Å². The van der Waals surface area contributed by atoms with Crippen LogP contribution in [0.1, 0.15) is 11.1 Å². The summed E-state index contributed by atoms with van der Waals surface area (Å²) < 4.78 is 6.94. The standard InChI is InChI=1S/C23H20N2O2/c1-15-8-11-18(14-16(15)2)25-22(17-9-12-19(27-3)13-10-17)24-21-7-5-4-6-20(21)23(25)26/h4-14H,1-3H3. The van der Waals surface area contributed by atoms with Crippen LogP contribution in [0, 0.1) is 13.8 Å². The minimum Gasteiger partial charge on any atom is -0.497 e. The van der Waals surface area contributed by atoms with E-state index in [-0.39, 0.29) is 5.56 Å². The summed E-state index contributed by atoms with van der Waals surface area (Å²) in [6.45, 7) is 4.11. The van der Waals surface area contributed by atoms with Crippen LogP contribution in [0.15, 0.2) is 71.5 Å². The van der Waals surface area contributed by atoms with Crippen molar-refractivity contribution < 1.29 is 4.74 Å². The molecule has 3 aromatic carbocycles. The number of hydrogen-bond donors (Lipinski definition) is 0. The molecular weight excluding hydrogens is 336 g/mol. The highest BCUT2D eigenvalue weighted by Gasteiger charge is 2.15. The van der Waals surface area contributed by atoms with Crippen LogP contribution in [0.3, 0.4) is 0 Å². The van der Waals surface area contributed by atoms with E-state index in [1.165, 1.54) is 5.56 Å². The molecule has 0 bridgehead atoms. The third-order valence-electron chi connectivity index (χ3n) is 4.87. The van der Waals surface area contributed by atoms with E-state index in [2.05, 4.69) is 6.92 Å². The Morgan fingerprint density at radius 1 is 0.889 bits per heavy atom. The first-order valence-corrected chi connectivity index (χ1v) is 8.82. The van der Waals surface area contributed by atoms with Gasteiger partial charge in [-0.2, -0.15) is 0 Å². The molecule has 4 nitrogen and oxygen atoms in total. The molecule has 4 rings (SSSR count). The van der Waals surface area contributed by atoms with Gasteiger partial charge in [-0.1, -0.05) is 18.2 Å². The number of benzene rings is 3. The van der Waals surface area contributed by atoms with Crippen molar-refractivity contribution in [3.8, 4) is 22.8 Å². The van der Waals surface area contributed by atoms with Crippen LogP contribution in [-0.4, -0.2) is 16.7 Å². The average Bonchev–Trinajstić information content (AvgIpc) is 2.70. The van der Waals surface area contributed by atoms with E-state index in [1.807, 2.05) is 73.7 Å². The molecule has 0 atom stereocenters. The SMILES string of the molecule is COc1ccc(-c2nc3ccccc3c(=O)n2-c2ccc(C)c(C)c2)cc1. The number of ether oxygens (including phenoxy) is 1. The van der Waals surface area contributed by atoms with Crippen molar-refractivity contribution in [1.82, 2.24) is 9.55 Å². The molecule has 134 valence electrons. The number of aryl methyl sites for hydroxylation is 2. The van der Waals surface area contributed by atoms with Crippen molar-refractivity contribution in [1.29, 1.82) is 0 Å². The molecule has 0 aliphatic rings. The van der Waals surface area contributed by atoms with Crippen molar-refractivity contribution in [3.05, 3.63) is 88.2 Å². The van der Waals surface area contributed by atoms with Gasteiger partial charge in [-0.15, -0.1) is 0 Å². The summed E-state index contributed by atoms with van der Waals surface area (Å²) >= 11 is 0. The minimum atomic E-state index is -0.0744. The van der Waals surface area contributed by atoms with E-state index >= 15 is 0 Å². The largest absolute Gasteiger partial charge is 0.497 e. The number of para-hydroxylation sites is 1. The Hall–Kier alpha value is -3.40. The van der Waals surface area contributed by atoms with Gasteiger partial charge in [-0.25, -0.2) is 4.98 Å². The van der Waals surface area contributed by atoms with Crippen LogP contribution in [0.5, 0.6) is 5.75 Å². The number of fused-ring (bicyclic) bond motifs is 1. The summed E-state index contributed by atoms with van der Waals surface area (Å²) in [6, 6.07) is 21.1. The fraction of sp³-hybridized carbons (Fsp3) is 0.130. The average molecular weight is 356 g/mol. The molecule has 4 aromatic rings. The number of methoxy groups -OCH3 is 1. The summed E-state index contributed by atoms with van der Waals surface area (Å²) in [5, 5.41) is 0.605. The molecule has 1 heterocycles. The molecule has 27 heavy (non-hydrogen) atoms. The van der Waals surface area contributed by atoms with E-state index in [0.717, 1.165) is 22.6 Å². The molecule has 0 amide bonds. The first-order chi connectivity index (χ1) is 13.1. The lowest BCUT2D eigenvalue weighted by molar-refractivity contribution is 0.415. The molecule has 0 N–H and O–H groups in total. The van der Waals surface area contributed by atoms with E-state index < -0.39 is 0 Å². The van der Waals surface area contributed by atoms with Gasteiger partial charge >= 0.3 is 0 Å². The van der Waals surface area contributed by atoms with E-state index in [1.54, 1.807) is 11.7 Å². The number of nitrogens with zero attached hydrogens (tertiary/aromatic N) is 2. The van der Waals surface area contributed by atoms with Crippen molar-refractivity contribution in [2.24, 2.45) is 0 Å². The first kappa shape index (κ1) is 17.0. The molecule has 0 spiro atoms. The molecule has 0 unspecified atom stereocenters. The maximum Gasteiger partial charge on any atom is 0.266 e. The second-order valence-electron chi connectivity index (χ2n) is 6.59. The highest BCUT2D eigenvalue weighted by Crippen LogP contribution is 2.25. The van der Waals surface area contributed by atoms with E-state index in [0.29, 0.717) is 16.7 Å². The van der Waals surface area contributed by atoms with E-state index in [4.69, 9.17) is 9.72 Å². The predicted molar refractivity (Wildman–Crippen MR) is 109 cm³/mol. The maximum atomic E-state index is 13.3. The van der Waals surface area contributed by atoms with E-state index in [9.17, 15) is 4.79 Å². The predicted octanol–water partition coefficient (Wildman–Crippen LogP) is 4.68. The summed E-state index contributed by atoms with van der Waals surface area (Å²) in [7, 11) is 1.63. The number of aromatic nitrogens is 2. The molecule has 1 aromatic heterocycles. The zero-order chi connectivity index (χ0) is 19.0. The first-order valence-electron chi connectivity index (χ1n) is 8.82. The lowest BCUT2D eigenvalue weighted by Gasteiger charge is -2.15.